The second kappa shape index (κ2) is 7.47. The SMILES string of the molecule is C=CCCC(=O)N1CCN(C(=O)c2ccc(C)c(F)c2N)C[C@@H]1C. The molecule has 1 aliphatic heterocycles. The van der Waals surface area contributed by atoms with E-state index in [1.807, 2.05) is 6.92 Å². The number of rotatable bonds is 4. The summed E-state index contributed by atoms with van der Waals surface area (Å²) < 4.78 is 13.9. The van der Waals surface area contributed by atoms with Crippen LogP contribution in [0.5, 0.6) is 0 Å². The van der Waals surface area contributed by atoms with E-state index < -0.39 is 5.82 Å². The summed E-state index contributed by atoms with van der Waals surface area (Å²) in [4.78, 5) is 28.2. The average Bonchev–Trinajstić information content (AvgIpc) is 2.57. The molecular formula is C18H24FN3O2. The summed E-state index contributed by atoms with van der Waals surface area (Å²) in [6, 6.07) is 3.02. The lowest BCUT2D eigenvalue weighted by Crippen LogP contribution is -2.55. The molecule has 24 heavy (non-hydrogen) atoms. The lowest BCUT2D eigenvalue weighted by atomic mass is 10.1. The third-order valence-electron chi connectivity index (χ3n) is 4.40. The van der Waals surface area contributed by atoms with Gasteiger partial charge in [-0.3, -0.25) is 9.59 Å². The molecule has 1 heterocycles. The van der Waals surface area contributed by atoms with Gasteiger partial charge in [-0.2, -0.15) is 0 Å². The van der Waals surface area contributed by atoms with Gasteiger partial charge < -0.3 is 15.5 Å². The number of hydrogen-bond acceptors (Lipinski definition) is 3. The number of allylic oxidation sites excluding steroid dienone is 1. The number of nitrogens with zero attached hydrogens (tertiary/aromatic N) is 2. The topological polar surface area (TPSA) is 66.6 Å². The highest BCUT2D eigenvalue weighted by molar-refractivity contribution is 5.99. The number of amides is 2. The van der Waals surface area contributed by atoms with E-state index in [0.717, 1.165) is 0 Å². The molecule has 0 unspecified atom stereocenters. The molecule has 0 bridgehead atoms. The molecule has 1 aromatic rings. The Morgan fingerprint density at radius 1 is 1.42 bits per heavy atom. The third-order valence-corrected chi connectivity index (χ3v) is 4.40. The van der Waals surface area contributed by atoms with E-state index in [-0.39, 0.29) is 29.1 Å². The summed E-state index contributed by atoms with van der Waals surface area (Å²) in [5, 5.41) is 0. The second-order valence-electron chi connectivity index (χ2n) is 6.17. The first kappa shape index (κ1) is 18.0. The minimum atomic E-state index is -0.549. The first-order valence-electron chi connectivity index (χ1n) is 8.11. The molecule has 1 aromatic carbocycles. The molecule has 6 heteroatoms. The van der Waals surface area contributed by atoms with Crippen LogP contribution in [0, 0.1) is 12.7 Å². The van der Waals surface area contributed by atoms with Gasteiger partial charge in [0.05, 0.1) is 11.3 Å². The number of halogens is 1. The van der Waals surface area contributed by atoms with Crippen LogP contribution in [0.2, 0.25) is 0 Å². The van der Waals surface area contributed by atoms with Gasteiger partial charge in [-0.05, 0) is 31.9 Å². The van der Waals surface area contributed by atoms with E-state index in [1.54, 1.807) is 34.9 Å². The maximum Gasteiger partial charge on any atom is 0.256 e. The summed E-state index contributed by atoms with van der Waals surface area (Å²) in [5.74, 6) is -0.779. The monoisotopic (exact) mass is 333 g/mol. The van der Waals surface area contributed by atoms with Gasteiger partial charge in [0.25, 0.3) is 5.91 Å². The van der Waals surface area contributed by atoms with Crippen LogP contribution in [-0.2, 0) is 4.79 Å². The van der Waals surface area contributed by atoms with E-state index in [0.29, 0.717) is 38.0 Å². The lowest BCUT2D eigenvalue weighted by molar-refractivity contribution is -0.135. The van der Waals surface area contributed by atoms with Gasteiger partial charge in [0.1, 0.15) is 5.82 Å². The highest BCUT2D eigenvalue weighted by atomic mass is 19.1. The Kier molecular flexibility index (Phi) is 5.59. The molecule has 130 valence electrons. The largest absolute Gasteiger partial charge is 0.396 e. The number of piperazine rings is 1. The Morgan fingerprint density at radius 3 is 2.75 bits per heavy atom. The van der Waals surface area contributed by atoms with E-state index >= 15 is 0 Å². The van der Waals surface area contributed by atoms with Gasteiger partial charge in [0.15, 0.2) is 0 Å². The Balaban J connectivity index is 2.08. The maximum absolute atomic E-state index is 13.9. The molecule has 1 aliphatic rings. The molecule has 1 saturated heterocycles. The number of aryl methyl sites for hydroxylation is 1. The van der Waals surface area contributed by atoms with Crippen LogP contribution >= 0.6 is 0 Å². The molecule has 2 rings (SSSR count). The fourth-order valence-corrected chi connectivity index (χ4v) is 2.94. The molecule has 0 saturated carbocycles. The van der Waals surface area contributed by atoms with E-state index in [4.69, 9.17) is 5.73 Å². The van der Waals surface area contributed by atoms with Gasteiger partial charge in [-0.1, -0.05) is 12.1 Å². The number of nitrogen functional groups attached to an aromatic ring is 1. The number of hydrogen-bond donors (Lipinski definition) is 1. The molecule has 0 aromatic heterocycles. The Hall–Kier alpha value is -2.37. The summed E-state index contributed by atoms with van der Waals surface area (Å²) in [5.41, 5.74) is 6.24. The van der Waals surface area contributed by atoms with E-state index in [9.17, 15) is 14.0 Å². The van der Waals surface area contributed by atoms with Crippen molar-refractivity contribution < 1.29 is 14.0 Å². The second-order valence-corrected chi connectivity index (χ2v) is 6.17. The normalized spacial score (nSPS) is 17.7. The zero-order valence-corrected chi connectivity index (χ0v) is 14.2. The predicted molar refractivity (Wildman–Crippen MR) is 92.1 cm³/mol. The first-order valence-corrected chi connectivity index (χ1v) is 8.11. The standard InChI is InChI=1S/C18H24FN3O2/c1-4-5-6-15(23)22-10-9-21(11-13(22)3)18(24)14-8-7-12(2)16(19)17(14)20/h4,7-8,13H,1,5-6,9-11,20H2,2-3H3/t13-/m0/s1. The van der Waals surface area contributed by atoms with Crippen molar-refractivity contribution in [1.82, 2.24) is 9.80 Å². The molecule has 2 amide bonds. The molecule has 5 nitrogen and oxygen atoms in total. The van der Waals surface area contributed by atoms with Crippen LogP contribution < -0.4 is 5.73 Å². The number of carbonyl (C=O) groups is 2. The van der Waals surface area contributed by atoms with Crippen LogP contribution in [0.15, 0.2) is 24.8 Å². The molecule has 0 aliphatic carbocycles. The predicted octanol–water partition coefficient (Wildman–Crippen LogP) is 2.36. The van der Waals surface area contributed by atoms with Crippen molar-refractivity contribution in [2.24, 2.45) is 0 Å². The van der Waals surface area contributed by atoms with E-state index in [2.05, 4.69) is 6.58 Å². The minimum Gasteiger partial charge on any atom is -0.396 e. The lowest BCUT2D eigenvalue weighted by Gasteiger charge is -2.40. The van der Waals surface area contributed by atoms with E-state index in [1.165, 1.54) is 0 Å². The van der Waals surface area contributed by atoms with Gasteiger partial charge in [-0.25, -0.2) is 4.39 Å². The maximum atomic E-state index is 13.9. The fourth-order valence-electron chi connectivity index (χ4n) is 2.94. The summed E-state index contributed by atoms with van der Waals surface area (Å²) in [6.45, 7) is 8.43. The van der Waals surface area contributed by atoms with Crippen LogP contribution in [0.1, 0.15) is 35.7 Å². The van der Waals surface area contributed by atoms with Crippen LogP contribution in [0.25, 0.3) is 0 Å². The quantitative estimate of drug-likeness (QED) is 0.679. The van der Waals surface area contributed by atoms with Crippen molar-refractivity contribution in [3.8, 4) is 0 Å². The zero-order valence-electron chi connectivity index (χ0n) is 14.2. The zero-order chi connectivity index (χ0) is 17.9. The molecular weight excluding hydrogens is 309 g/mol. The van der Waals surface area contributed by atoms with Crippen LogP contribution in [0.4, 0.5) is 10.1 Å². The Bertz CT molecular complexity index is 660. The smallest absolute Gasteiger partial charge is 0.256 e. The molecule has 2 N–H and O–H groups in total. The minimum absolute atomic E-state index is 0.0652. The van der Waals surface area contributed by atoms with Crippen LogP contribution in [-0.4, -0.2) is 47.3 Å². The van der Waals surface area contributed by atoms with Gasteiger partial charge >= 0.3 is 0 Å². The number of benzene rings is 1. The number of nitrogens with two attached hydrogens (primary N) is 1. The number of anilines is 1. The average molecular weight is 333 g/mol. The number of carbonyl (C=O) groups excluding carboxylic acids is 2. The molecule has 0 radical (unpaired) electrons. The van der Waals surface area contributed by atoms with Crippen molar-refractivity contribution in [2.45, 2.75) is 32.7 Å². The third kappa shape index (κ3) is 3.58. The highest BCUT2D eigenvalue weighted by Crippen LogP contribution is 2.22. The van der Waals surface area contributed by atoms with Crippen molar-refractivity contribution >= 4 is 17.5 Å². The highest BCUT2D eigenvalue weighted by Gasteiger charge is 2.30. The van der Waals surface area contributed by atoms with Gasteiger partial charge in [0.2, 0.25) is 5.91 Å². The summed E-state index contributed by atoms with van der Waals surface area (Å²) >= 11 is 0. The van der Waals surface area contributed by atoms with Gasteiger partial charge in [-0.15, -0.1) is 6.58 Å². The molecule has 1 fully saturated rings. The first-order chi connectivity index (χ1) is 11.4. The summed E-state index contributed by atoms with van der Waals surface area (Å²) in [6.07, 6.45) is 2.79. The fraction of sp³-hybridized carbons (Fsp3) is 0.444. The van der Waals surface area contributed by atoms with Crippen molar-refractivity contribution in [3.63, 3.8) is 0 Å². The molecule has 1 atom stereocenters. The van der Waals surface area contributed by atoms with Crippen molar-refractivity contribution in [3.05, 3.63) is 41.7 Å². The Labute approximate surface area is 141 Å². The Morgan fingerprint density at radius 2 is 2.12 bits per heavy atom. The molecule has 0 spiro atoms. The van der Waals surface area contributed by atoms with Crippen molar-refractivity contribution in [1.29, 1.82) is 0 Å². The van der Waals surface area contributed by atoms with Crippen LogP contribution in [0.3, 0.4) is 0 Å². The van der Waals surface area contributed by atoms with Gasteiger partial charge in [0, 0.05) is 32.1 Å². The summed E-state index contributed by atoms with van der Waals surface area (Å²) in [7, 11) is 0. The van der Waals surface area contributed by atoms with Crippen molar-refractivity contribution in [2.75, 3.05) is 25.4 Å².